The van der Waals surface area contributed by atoms with Crippen LogP contribution in [0.5, 0.6) is 0 Å². The Kier molecular flexibility index (Phi) is 5.33. The van der Waals surface area contributed by atoms with Crippen LogP contribution in [0.3, 0.4) is 0 Å². The molecule has 5 heteroatoms. The monoisotopic (exact) mass is 301 g/mol. The van der Waals surface area contributed by atoms with Gasteiger partial charge in [-0.2, -0.15) is 5.10 Å². The summed E-state index contributed by atoms with van der Waals surface area (Å²) in [4.78, 5) is 13.7. The quantitative estimate of drug-likeness (QED) is 0.631. The zero-order valence-electron chi connectivity index (χ0n) is 12.5. The molecule has 1 aliphatic heterocycles. The molecule has 1 amide bonds. The van der Waals surface area contributed by atoms with Gasteiger partial charge < -0.3 is 0 Å². The average molecular weight is 301 g/mol. The van der Waals surface area contributed by atoms with Crippen molar-refractivity contribution in [2.75, 3.05) is 5.75 Å². The number of hydrogen-bond donors (Lipinski definition) is 0. The Morgan fingerprint density at radius 3 is 2.67 bits per heavy atom. The number of allylic oxidation sites excluding steroid dienone is 2. The number of hydrogen-bond acceptors (Lipinski definition) is 4. The van der Waals surface area contributed by atoms with Crippen molar-refractivity contribution >= 4 is 28.5 Å². The summed E-state index contributed by atoms with van der Waals surface area (Å²) in [5.41, 5.74) is 3.10. The normalized spacial score (nSPS) is 17.5. The second-order valence-corrected chi connectivity index (χ2v) is 6.04. The van der Waals surface area contributed by atoms with Crippen molar-refractivity contribution in [3.8, 4) is 0 Å². The minimum Gasteiger partial charge on any atom is -0.285 e. The predicted molar refractivity (Wildman–Crippen MR) is 89.4 cm³/mol. The van der Waals surface area contributed by atoms with Gasteiger partial charge in [-0.15, -0.1) is 5.10 Å². The van der Waals surface area contributed by atoms with Gasteiger partial charge in [-0.3, -0.25) is 9.69 Å². The van der Waals surface area contributed by atoms with E-state index in [1.807, 2.05) is 57.2 Å². The summed E-state index contributed by atoms with van der Waals surface area (Å²) in [7, 11) is 0. The Bertz CT molecular complexity index is 601. The molecule has 1 aromatic carbocycles. The van der Waals surface area contributed by atoms with E-state index in [4.69, 9.17) is 0 Å². The Balaban J connectivity index is 2.15. The van der Waals surface area contributed by atoms with Crippen molar-refractivity contribution in [1.29, 1.82) is 0 Å². The summed E-state index contributed by atoms with van der Waals surface area (Å²) < 4.78 is 0. The molecule has 1 saturated heterocycles. The molecule has 0 aromatic heterocycles. The van der Waals surface area contributed by atoms with Crippen LogP contribution in [0.15, 0.2) is 52.2 Å². The molecule has 110 valence electrons. The fraction of sp³-hybridized carbons (Fsp3) is 0.312. The van der Waals surface area contributed by atoms with Gasteiger partial charge in [0.25, 0.3) is 0 Å². The van der Waals surface area contributed by atoms with E-state index in [-0.39, 0.29) is 5.91 Å². The molecule has 1 heterocycles. The zero-order valence-corrected chi connectivity index (χ0v) is 13.4. The van der Waals surface area contributed by atoms with Gasteiger partial charge >= 0.3 is 0 Å². The van der Waals surface area contributed by atoms with Crippen molar-refractivity contribution in [3.05, 3.63) is 47.5 Å². The van der Waals surface area contributed by atoms with Crippen LogP contribution in [-0.4, -0.2) is 27.4 Å². The van der Waals surface area contributed by atoms with E-state index in [1.54, 1.807) is 4.90 Å². The van der Waals surface area contributed by atoms with E-state index in [1.165, 1.54) is 17.3 Å². The number of carbonyl (C=O) groups is 1. The molecule has 1 aromatic rings. The molecule has 0 unspecified atom stereocenters. The van der Waals surface area contributed by atoms with Gasteiger partial charge in [-0.05, 0) is 32.4 Å². The molecule has 0 atom stereocenters. The van der Waals surface area contributed by atoms with Crippen LogP contribution in [0.1, 0.15) is 26.3 Å². The largest absolute Gasteiger partial charge is 0.285 e. The summed E-state index contributed by atoms with van der Waals surface area (Å²) in [5.74, 6) is 0.515. The van der Waals surface area contributed by atoms with Gasteiger partial charge in [-0.25, -0.2) is 0 Å². The molecular weight excluding hydrogens is 282 g/mol. The number of amidine groups is 1. The lowest BCUT2D eigenvalue weighted by atomic mass is 10.2. The van der Waals surface area contributed by atoms with E-state index in [2.05, 4.69) is 10.2 Å². The predicted octanol–water partition coefficient (Wildman–Crippen LogP) is 3.46. The molecular formula is C16H19N3OS. The van der Waals surface area contributed by atoms with Crippen LogP contribution in [0.4, 0.5) is 0 Å². The summed E-state index contributed by atoms with van der Waals surface area (Å²) in [6, 6.07) is 9.91. The summed E-state index contributed by atoms with van der Waals surface area (Å²) in [5, 5.41) is 9.09. The highest BCUT2D eigenvalue weighted by Gasteiger charge is 2.28. The SMILES string of the molecule is CC(C)=C/C(C)=N/N=C1/SCC(=O)N1Cc1ccccc1. The number of rotatable bonds is 4. The number of carbonyl (C=O) groups excluding carboxylic acids is 1. The first kappa shape index (κ1) is 15.5. The van der Waals surface area contributed by atoms with E-state index >= 15 is 0 Å². The minimum atomic E-state index is 0.0812. The molecule has 21 heavy (non-hydrogen) atoms. The maximum atomic E-state index is 12.0. The Morgan fingerprint density at radius 2 is 2.00 bits per heavy atom. The van der Waals surface area contributed by atoms with Gasteiger partial charge in [0.05, 0.1) is 18.0 Å². The van der Waals surface area contributed by atoms with Gasteiger partial charge in [0.15, 0.2) is 5.17 Å². The molecule has 0 aliphatic carbocycles. The lowest BCUT2D eigenvalue weighted by molar-refractivity contribution is -0.124. The molecule has 0 saturated carbocycles. The molecule has 1 fully saturated rings. The zero-order chi connectivity index (χ0) is 15.2. The van der Waals surface area contributed by atoms with Crippen LogP contribution in [-0.2, 0) is 11.3 Å². The fourth-order valence-corrected chi connectivity index (χ4v) is 2.79. The molecule has 0 bridgehead atoms. The van der Waals surface area contributed by atoms with Crippen LogP contribution in [0.25, 0.3) is 0 Å². The van der Waals surface area contributed by atoms with Crippen LogP contribution in [0, 0.1) is 0 Å². The van der Waals surface area contributed by atoms with Crippen LogP contribution in [0.2, 0.25) is 0 Å². The fourth-order valence-electron chi connectivity index (χ4n) is 1.96. The first-order chi connectivity index (χ1) is 10.1. The van der Waals surface area contributed by atoms with Crippen molar-refractivity contribution < 1.29 is 4.79 Å². The Labute approximate surface area is 129 Å². The standard InChI is InChI=1S/C16H19N3OS/c1-12(2)9-13(3)17-18-16-19(15(20)11-21-16)10-14-7-5-4-6-8-14/h4-9H,10-11H2,1-3H3/b17-13+,18-16+. The topological polar surface area (TPSA) is 45.0 Å². The summed E-state index contributed by atoms with van der Waals surface area (Å²) >= 11 is 1.44. The maximum absolute atomic E-state index is 12.0. The third-order valence-corrected chi connectivity index (χ3v) is 3.78. The number of amides is 1. The first-order valence-electron chi connectivity index (χ1n) is 6.80. The first-order valence-corrected chi connectivity index (χ1v) is 7.79. The lowest BCUT2D eigenvalue weighted by Crippen LogP contribution is -2.28. The molecule has 0 radical (unpaired) electrons. The van der Waals surface area contributed by atoms with Crippen molar-refractivity contribution in [2.45, 2.75) is 27.3 Å². The van der Waals surface area contributed by atoms with E-state index in [0.29, 0.717) is 17.5 Å². The molecule has 2 rings (SSSR count). The second-order valence-electron chi connectivity index (χ2n) is 5.10. The highest BCUT2D eigenvalue weighted by molar-refractivity contribution is 8.15. The van der Waals surface area contributed by atoms with Gasteiger partial charge in [0.1, 0.15) is 0 Å². The highest BCUT2D eigenvalue weighted by atomic mass is 32.2. The van der Waals surface area contributed by atoms with Crippen molar-refractivity contribution in [1.82, 2.24) is 4.90 Å². The smallest absolute Gasteiger partial charge is 0.239 e. The van der Waals surface area contributed by atoms with E-state index < -0.39 is 0 Å². The highest BCUT2D eigenvalue weighted by Crippen LogP contribution is 2.22. The molecule has 0 N–H and O–H groups in total. The average Bonchev–Trinajstić information content (AvgIpc) is 2.78. The Morgan fingerprint density at radius 1 is 1.29 bits per heavy atom. The summed E-state index contributed by atoms with van der Waals surface area (Å²) in [6.45, 7) is 6.48. The van der Waals surface area contributed by atoms with Gasteiger partial charge in [-0.1, -0.05) is 47.7 Å². The number of benzene rings is 1. The van der Waals surface area contributed by atoms with Gasteiger partial charge in [0, 0.05) is 0 Å². The van der Waals surface area contributed by atoms with E-state index in [9.17, 15) is 4.79 Å². The Hall–Kier alpha value is -1.88. The summed E-state index contributed by atoms with van der Waals surface area (Å²) in [6.07, 6.45) is 1.97. The number of nitrogens with zero attached hydrogens (tertiary/aromatic N) is 3. The van der Waals surface area contributed by atoms with Crippen LogP contribution >= 0.6 is 11.8 Å². The van der Waals surface area contributed by atoms with E-state index in [0.717, 1.165) is 11.3 Å². The maximum Gasteiger partial charge on any atom is 0.239 e. The van der Waals surface area contributed by atoms with Crippen LogP contribution < -0.4 is 0 Å². The molecule has 4 nitrogen and oxygen atoms in total. The lowest BCUT2D eigenvalue weighted by Gasteiger charge is -2.14. The third-order valence-electron chi connectivity index (χ3n) is 2.83. The van der Waals surface area contributed by atoms with Gasteiger partial charge in [0.2, 0.25) is 5.91 Å². The molecule has 1 aliphatic rings. The van der Waals surface area contributed by atoms with Crippen molar-refractivity contribution in [2.24, 2.45) is 10.2 Å². The van der Waals surface area contributed by atoms with Crippen molar-refractivity contribution in [3.63, 3.8) is 0 Å². The third kappa shape index (κ3) is 4.56. The minimum absolute atomic E-state index is 0.0812. The molecule has 0 spiro atoms. The number of thioether (sulfide) groups is 1. The second kappa shape index (κ2) is 7.22.